The first-order valence-corrected chi connectivity index (χ1v) is 6.50. The van der Waals surface area contributed by atoms with E-state index >= 15 is 0 Å². The Bertz CT molecular complexity index is 486. The lowest BCUT2D eigenvalue weighted by molar-refractivity contribution is -0.137. The van der Waals surface area contributed by atoms with Gasteiger partial charge in [0, 0.05) is 23.2 Å². The third-order valence-electron chi connectivity index (χ3n) is 2.95. The summed E-state index contributed by atoms with van der Waals surface area (Å²) in [5, 5.41) is 9.27. The molecule has 0 saturated heterocycles. The molecule has 1 aromatic carbocycles. The monoisotopic (exact) mass is 283 g/mol. The van der Waals surface area contributed by atoms with Gasteiger partial charge < -0.3 is 10.0 Å². The van der Waals surface area contributed by atoms with E-state index in [4.69, 9.17) is 16.7 Å². The Balaban J connectivity index is 2.99. The van der Waals surface area contributed by atoms with Crippen LogP contribution in [0, 0.1) is 6.92 Å². The van der Waals surface area contributed by atoms with Gasteiger partial charge in [-0.2, -0.15) is 0 Å². The molecule has 0 unspecified atom stereocenters. The summed E-state index contributed by atoms with van der Waals surface area (Å²) in [6.07, 6.45) is -0.0659. The van der Waals surface area contributed by atoms with Crippen molar-refractivity contribution in [3.05, 3.63) is 34.3 Å². The number of hydrogen-bond donors (Lipinski definition) is 1. The molecule has 0 aromatic heterocycles. The molecule has 0 aliphatic heterocycles. The molecule has 0 bridgehead atoms. The average molecular weight is 284 g/mol. The Labute approximate surface area is 118 Å². The van der Waals surface area contributed by atoms with E-state index in [9.17, 15) is 9.59 Å². The van der Waals surface area contributed by atoms with Crippen LogP contribution in [0.2, 0.25) is 5.02 Å². The van der Waals surface area contributed by atoms with Crippen LogP contribution >= 0.6 is 11.6 Å². The van der Waals surface area contributed by atoms with Crippen molar-refractivity contribution in [2.45, 2.75) is 33.2 Å². The Kier molecular flexibility index (Phi) is 5.36. The van der Waals surface area contributed by atoms with Gasteiger partial charge in [-0.05, 0) is 38.5 Å². The molecule has 4 nitrogen and oxygen atoms in total. The molecule has 1 amide bonds. The van der Waals surface area contributed by atoms with Gasteiger partial charge in [-0.3, -0.25) is 9.59 Å². The number of halogens is 1. The summed E-state index contributed by atoms with van der Waals surface area (Å²) in [4.78, 5) is 24.6. The van der Waals surface area contributed by atoms with E-state index in [1.54, 1.807) is 30.0 Å². The van der Waals surface area contributed by atoms with Crippen molar-refractivity contribution < 1.29 is 14.7 Å². The van der Waals surface area contributed by atoms with Gasteiger partial charge in [-0.25, -0.2) is 0 Å². The topological polar surface area (TPSA) is 57.6 Å². The maximum atomic E-state index is 12.4. The molecule has 0 saturated carbocycles. The summed E-state index contributed by atoms with van der Waals surface area (Å²) in [5.41, 5.74) is 1.24. The van der Waals surface area contributed by atoms with E-state index in [-0.39, 0.29) is 24.9 Å². The third-order valence-corrected chi connectivity index (χ3v) is 3.36. The zero-order chi connectivity index (χ0) is 14.6. The number of aliphatic carboxylic acids is 1. The van der Waals surface area contributed by atoms with E-state index in [1.807, 2.05) is 13.8 Å². The predicted octanol–water partition coefficient (Wildman–Crippen LogP) is 2.97. The van der Waals surface area contributed by atoms with Crippen LogP contribution in [0.3, 0.4) is 0 Å². The van der Waals surface area contributed by atoms with Crippen LogP contribution in [0.1, 0.15) is 36.2 Å². The summed E-state index contributed by atoms with van der Waals surface area (Å²) in [6.45, 7) is 5.70. The van der Waals surface area contributed by atoms with Crippen molar-refractivity contribution in [2.75, 3.05) is 6.54 Å². The second-order valence-electron chi connectivity index (χ2n) is 4.65. The Morgan fingerprint density at radius 1 is 1.37 bits per heavy atom. The second-order valence-corrected chi connectivity index (χ2v) is 5.06. The molecule has 0 aliphatic carbocycles. The second kappa shape index (κ2) is 6.57. The van der Waals surface area contributed by atoms with Gasteiger partial charge in [0.2, 0.25) is 0 Å². The van der Waals surface area contributed by atoms with Crippen LogP contribution in [0.25, 0.3) is 0 Å². The van der Waals surface area contributed by atoms with Crippen LogP contribution in [0.4, 0.5) is 0 Å². The molecular formula is C14H18ClNO3. The van der Waals surface area contributed by atoms with Crippen LogP contribution in [0.5, 0.6) is 0 Å². The summed E-state index contributed by atoms with van der Waals surface area (Å²) in [6, 6.07) is 5.09. The molecule has 0 atom stereocenters. The third kappa shape index (κ3) is 3.96. The molecule has 0 spiro atoms. The van der Waals surface area contributed by atoms with Crippen molar-refractivity contribution in [1.29, 1.82) is 0 Å². The number of carboxylic acids is 1. The zero-order valence-corrected chi connectivity index (χ0v) is 12.1. The molecule has 104 valence electrons. The number of amides is 1. The minimum absolute atomic E-state index is 0.0646. The van der Waals surface area contributed by atoms with Crippen LogP contribution in [0.15, 0.2) is 18.2 Å². The van der Waals surface area contributed by atoms with Gasteiger partial charge in [0.15, 0.2) is 0 Å². The van der Waals surface area contributed by atoms with Gasteiger partial charge in [0.05, 0.1) is 6.42 Å². The number of benzene rings is 1. The molecule has 0 heterocycles. The van der Waals surface area contributed by atoms with Crippen LogP contribution in [-0.2, 0) is 4.79 Å². The number of hydrogen-bond acceptors (Lipinski definition) is 2. The minimum atomic E-state index is -0.915. The standard InChI is InChI=1S/C14H18ClNO3/c1-9(2)16(8-7-13(17)18)14(19)11-5-4-6-12(15)10(11)3/h4-6,9H,7-8H2,1-3H3,(H,17,18). The van der Waals surface area contributed by atoms with E-state index < -0.39 is 5.97 Å². The number of carbonyl (C=O) groups is 2. The van der Waals surface area contributed by atoms with Crippen molar-refractivity contribution in [2.24, 2.45) is 0 Å². The first-order valence-electron chi connectivity index (χ1n) is 6.12. The van der Waals surface area contributed by atoms with Crippen molar-refractivity contribution >= 4 is 23.5 Å². The number of carboxylic acid groups (broad SMARTS) is 1. The number of rotatable bonds is 5. The highest BCUT2D eigenvalue weighted by atomic mass is 35.5. The van der Waals surface area contributed by atoms with Gasteiger partial charge in [-0.15, -0.1) is 0 Å². The van der Waals surface area contributed by atoms with E-state index in [1.165, 1.54) is 0 Å². The van der Waals surface area contributed by atoms with Gasteiger partial charge in [0.1, 0.15) is 0 Å². The molecule has 1 N–H and O–H groups in total. The summed E-state index contributed by atoms with van der Waals surface area (Å²) in [7, 11) is 0. The molecule has 0 radical (unpaired) electrons. The first-order chi connectivity index (χ1) is 8.84. The van der Waals surface area contributed by atoms with Crippen molar-refractivity contribution in [3.8, 4) is 0 Å². The van der Waals surface area contributed by atoms with Gasteiger partial charge in [0.25, 0.3) is 5.91 Å². The van der Waals surface area contributed by atoms with E-state index in [2.05, 4.69) is 0 Å². The van der Waals surface area contributed by atoms with Crippen molar-refractivity contribution in [3.63, 3.8) is 0 Å². The Hall–Kier alpha value is -1.55. The van der Waals surface area contributed by atoms with Crippen molar-refractivity contribution in [1.82, 2.24) is 4.90 Å². The van der Waals surface area contributed by atoms with Crippen LogP contribution < -0.4 is 0 Å². The molecule has 1 rings (SSSR count). The van der Waals surface area contributed by atoms with Gasteiger partial charge in [-0.1, -0.05) is 17.7 Å². The maximum absolute atomic E-state index is 12.4. The fourth-order valence-electron chi connectivity index (χ4n) is 1.80. The summed E-state index contributed by atoms with van der Waals surface area (Å²) in [5.74, 6) is -1.10. The van der Waals surface area contributed by atoms with E-state index in [0.717, 1.165) is 5.56 Å². The quantitative estimate of drug-likeness (QED) is 0.904. The normalized spacial score (nSPS) is 10.6. The van der Waals surface area contributed by atoms with Gasteiger partial charge >= 0.3 is 5.97 Å². The largest absolute Gasteiger partial charge is 0.481 e. The zero-order valence-electron chi connectivity index (χ0n) is 11.3. The molecule has 5 heteroatoms. The lowest BCUT2D eigenvalue weighted by Gasteiger charge is -2.27. The highest BCUT2D eigenvalue weighted by Gasteiger charge is 2.21. The highest BCUT2D eigenvalue weighted by molar-refractivity contribution is 6.31. The molecular weight excluding hydrogens is 266 g/mol. The van der Waals surface area contributed by atoms with Crippen LogP contribution in [-0.4, -0.2) is 34.5 Å². The Morgan fingerprint density at radius 3 is 2.53 bits per heavy atom. The average Bonchev–Trinajstić information content (AvgIpc) is 2.31. The molecule has 19 heavy (non-hydrogen) atoms. The lowest BCUT2D eigenvalue weighted by Crippen LogP contribution is -2.38. The minimum Gasteiger partial charge on any atom is -0.481 e. The molecule has 1 aromatic rings. The fourth-order valence-corrected chi connectivity index (χ4v) is 1.98. The summed E-state index contributed by atoms with van der Waals surface area (Å²) >= 11 is 6.00. The SMILES string of the molecule is Cc1c(Cl)cccc1C(=O)N(CCC(=O)O)C(C)C. The number of carbonyl (C=O) groups excluding carboxylic acids is 1. The molecule has 0 fully saturated rings. The highest BCUT2D eigenvalue weighted by Crippen LogP contribution is 2.21. The Morgan fingerprint density at radius 2 is 2.00 bits per heavy atom. The smallest absolute Gasteiger partial charge is 0.305 e. The number of nitrogens with zero attached hydrogens (tertiary/aromatic N) is 1. The predicted molar refractivity (Wildman–Crippen MR) is 74.6 cm³/mol. The summed E-state index contributed by atoms with van der Waals surface area (Å²) < 4.78 is 0. The fraction of sp³-hybridized carbons (Fsp3) is 0.429. The first kappa shape index (κ1) is 15.5. The lowest BCUT2D eigenvalue weighted by atomic mass is 10.1. The van der Waals surface area contributed by atoms with E-state index in [0.29, 0.717) is 10.6 Å². The maximum Gasteiger partial charge on any atom is 0.305 e. The molecule has 0 aliphatic rings.